The molecule has 4 nitrogen and oxygen atoms in total. The van der Waals surface area contributed by atoms with Crippen LogP contribution in [0, 0.1) is 0 Å². The van der Waals surface area contributed by atoms with Crippen molar-refractivity contribution < 1.29 is 22.7 Å². The Bertz CT molecular complexity index is 804. The molecule has 1 saturated heterocycles. The molecular weight excluding hydrogens is 405 g/mol. The molecule has 0 bridgehead atoms. The number of carbonyl (C=O) groups excluding carboxylic acids is 1. The maximum Gasteiger partial charge on any atom is 0.416 e. The van der Waals surface area contributed by atoms with Crippen molar-refractivity contribution in [3.8, 4) is 0 Å². The Morgan fingerprint density at radius 3 is 2.29 bits per heavy atom. The standard InChI is InChI=1S/C24H29F3N2O2/c25-24(26,27)22-10-7-21(8-11-22)19-29(14-4-13-28-15-17-31-18-16-28)23(30)12-9-20-5-2-1-3-6-20/h1-3,5-8,10-11H,4,9,12-19H2. The van der Waals surface area contributed by atoms with Crippen LogP contribution in [-0.4, -0.2) is 55.1 Å². The van der Waals surface area contributed by atoms with Gasteiger partial charge < -0.3 is 9.64 Å². The van der Waals surface area contributed by atoms with Crippen LogP contribution in [0.15, 0.2) is 54.6 Å². The number of benzene rings is 2. The van der Waals surface area contributed by atoms with E-state index in [1.54, 1.807) is 4.90 Å². The molecule has 1 amide bonds. The molecule has 3 rings (SSSR count). The van der Waals surface area contributed by atoms with Gasteiger partial charge in [-0.1, -0.05) is 42.5 Å². The minimum absolute atomic E-state index is 0.0192. The number of amides is 1. The van der Waals surface area contributed by atoms with E-state index in [1.807, 2.05) is 30.3 Å². The van der Waals surface area contributed by atoms with E-state index in [1.165, 1.54) is 12.1 Å². The van der Waals surface area contributed by atoms with Gasteiger partial charge in [0.05, 0.1) is 18.8 Å². The van der Waals surface area contributed by atoms with Crippen molar-refractivity contribution in [2.45, 2.75) is 32.0 Å². The van der Waals surface area contributed by atoms with Gasteiger partial charge in [0.15, 0.2) is 0 Å². The van der Waals surface area contributed by atoms with Gasteiger partial charge in [-0.3, -0.25) is 9.69 Å². The molecule has 1 heterocycles. The predicted molar refractivity (Wildman–Crippen MR) is 114 cm³/mol. The Balaban J connectivity index is 1.60. The molecule has 1 fully saturated rings. The predicted octanol–water partition coefficient (Wildman–Crippen LogP) is 4.39. The van der Waals surface area contributed by atoms with E-state index < -0.39 is 11.7 Å². The molecular formula is C24H29F3N2O2. The van der Waals surface area contributed by atoms with Gasteiger partial charge in [-0.05, 0) is 36.1 Å². The molecule has 2 aromatic carbocycles. The summed E-state index contributed by atoms with van der Waals surface area (Å²) in [5, 5.41) is 0. The van der Waals surface area contributed by atoms with E-state index in [0.29, 0.717) is 31.5 Å². The highest BCUT2D eigenvalue weighted by Gasteiger charge is 2.30. The number of nitrogens with zero attached hydrogens (tertiary/aromatic N) is 2. The molecule has 1 aliphatic rings. The molecule has 31 heavy (non-hydrogen) atoms. The molecule has 1 aliphatic heterocycles. The van der Waals surface area contributed by atoms with Gasteiger partial charge in [-0.2, -0.15) is 13.2 Å². The zero-order chi connectivity index (χ0) is 22.1. The molecule has 0 unspecified atom stereocenters. The molecule has 0 spiro atoms. The van der Waals surface area contributed by atoms with Crippen LogP contribution < -0.4 is 0 Å². The molecule has 168 valence electrons. The van der Waals surface area contributed by atoms with E-state index >= 15 is 0 Å². The van der Waals surface area contributed by atoms with Crippen LogP contribution in [0.4, 0.5) is 13.2 Å². The van der Waals surface area contributed by atoms with Gasteiger partial charge in [-0.25, -0.2) is 0 Å². The number of rotatable bonds is 9. The highest BCUT2D eigenvalue weighted by molar-refractivity contribution is 5.76. The van der Waals surface area contributed by atoms with Crippen LogP contribution in [-0.2, 0) is 28.7 Å². The van der Waals surface area contributed by atoms with E-state index in [9.17, 15) is 18.0 Å². The van der Waals surface area contributed by atoms with E-state index in [-0.39, 0.29) is 5.91 Å². The summed E-state index contributed by atoms with van der Waals surface area (Å²) in [6, 6.07) is 14.9. The van der Waals surface area contributed by atoms with E-state index in [2.05, 4.69) is 4.90 Å². The molecule has 0 radical (unpaired) electrons. The maximum absolute atomic E-state index is 12.9. The lowest BCUT2D eigenvalue weighted by Gasteiger charge is -2.28. The average molecular weight is 435 g/mol. The lowest BCUT2D eigenvalue weighted by molar-refractivity contribution is -0.137. The van der Waals surface area contributed by atoms with Crippen molar-refractivity contribution in [1.82, 2.24) is 9.80 Å². The summed E-state index contributed by atoms with van der Waals surface area (Å²) in [4.78, 5) is 17.0. The third-order valence-corrected chi connectivity index (χ3v) is 5.48. The number of alkyl halides is 3. The van der Waals surface area contributed by atoms with Crippen LogP contribution in [0.2, 0.25) is 0 Å². The SMILES string of the molecule is O=C(CCc1ccccc1)N(CCCN1CCOCC1)Cc1ccc(C(F)(F)F)cc1. The van der Waals surface area contributed by atoms with Crippen molar-refractivity contribution in [2.24, 2.45) is 0 Å². The molecule has 0 saturated carbocycles. The molecule has 7 heteroatoms. The Morgan fingerprint density at radius 1 is 0.968 bits per heavy atom. The number of hydrogen-bond donors (Lipinski definition) is 0. The second kappa shape index (κ2) is 11.3. The monoisotopic (exact) mass is 434 g/mol. The zero-order valence-corrected chi connectivity index (χ0v) is 17.6. The first-order valence-electron chi connectivity index (χ1n) is 10.7. The molecule has 0 N–H and O–H groups in total. The lowest BCUT2D eigenvalue weighted by atomic mass is 10.1. The van der Waals surface area contributed by atoms with Gasteiger partial charge in [0, 0.05) is 39.1 Å². The normalized spacial score (nSPS) is 15.1. The highest BCUT2D eigenvalue weighted by Crippen LogP contribution is 2.29. The van der Waals surface area contributed by atoms with Crippen molar-refractivity contribution in [3.05, 3.63) is 71.3 Å². The zero-order valence-electron chi connectivity index (χ0n) is 17.6. The summed E-state index contributed by atoms with van der Waals surface area (Å²) in [5.74, 6) is 0.0192. The summed E-state index contributed by atoms with van der Waals surface area (Å²) in [5.41, 5.74) is 1.12. The first-order chi connectivity index (χ1) is 14.9. The topological polar surface area (TPSA) is 32.8 Å². The second-order valence-electron chi connectivity index (χ2n) is 7.80. The number of ether oxygens (including phenoxy) is 1. The highest BCUT2D eigenvalue weighted by atomic mass is 19.4. The van der Waals surface area contributed by atoms with Crippen molar-refractivity contribution >= 4 is 5.91 Å². The van der Waals surface area contributed by atoms with E-state index in [0.717, 1.165) is 57.0 Å². The van der Waals surface area contributed by atoms with E-state index in [4.69, 9.17) is 4.74 Å². The number of morpholine rings is 1. The van der Waals surface area contributed by atoms with Gasteiger partial charge >= 0.3 is 6.18 Å². The van der Waals surface area contributed by atoms with Crippen molar-refractivity contribution in [2.75, 3.05) is 39.4 Å². The van der Waals surface area contributed by atoms with Crippen LogP contribution in [0.5, 0.6) is 0 Å². The quantitative estimate of drug-likeness (QED) is 0.587. The Labute approximate surface area is 181 Å². The van der Waals surface area contributed by atoms with Crippen molar-refractivity contribution in [1.29, 1.82) is 0 Å². The van der Waals surface area contributed by atoms with Gasteiger partial charge in [-0.15, -0.1) is 0 Å². The largest absolute Gasteiger partial charge is 0.416 e. The van der Waals surface area contributed by atoms with Gasteiger partial charge in [0.1, 0.15) is 0 Å². The van der Waals surface area contributed by atoms with Gasteiger partial charge in [0.2, 0.25) is 5.91 Å². The minimum Gasteiger partial charge on any atom is -0.379 e. The fourth-order valence-electron chi connectivity index (χ4n) is 3.68. The first-order valence-corrected chi connectivity index (χ1v) is 10.7. The molecule has 2 aromatic rings. The summed E-state index contributed by atoms with van der Waals surface area (Å²) >= 11 is 0. The Morgan fingerprint density at radius 2 is 1.65 bits per heavy atom. The summed E-state index contributed by atoms with van der Waals surface area (Å²) in [7, 11) is 0. The van der Waals surface area contributed by atoms with Crippen LogP contribution in [0.25, 0.3) is 0 Å². The number of hydrogen-bond acceptors (Lipinski definition) is 3. The molecule has 0 aromatic heterocycles. The van der Waals surface area contributed by atoms with Crippen LogP contribution in [0.1, 0.15) is 29.5 Å². The third kappa shape index (κ3) is 7.67. The third-order valence-electron chi connectivity index (χ3n) is 5.48. The average Bonchev–Trinajstić information content (AvgIpc) is 2.78. The number of aryl methyl sites for hydroxylation is 1. The van der Waals surface area contributed by atoms with Crippen LogP contribution in [0.3, 0.4) is 0 Å². The summed E-state index contributed by atoms with van der Waals surface area (Å²) < 4.78 is 43.9. The second-order valence-corrected chi connectivity index (χ2v) is 7.80. The molecule has 0 atom stereocenters. The minimum atomic E-state index is -4.36. The fraction of sp³-hybridized carbons (Fsp3) is 0.458. The molecule has 0 aliphatic carbocycles. The van der Waals surface area contributed by atoms with Crippen LogP contribution >= 0.6 is 0 Å². The van der Waals surface area contributed by atoms with Gasteiger partial charge in [0.25, 0.3) is 0 Å². The van der Waals surface area contributed by atoms with Crippen molar-refractivity contribution in [3.63, 3.8) is 0 Å². The number of carbonyl (C=O) groups is 1. The summed E-state index contributed by atoms with van der Waals surface area (Å²) in [6.45, 7) is 5.00. The smallest absolute Gasteiger partial charge is 0.379 e. The first kappa shape index (κ1) is 23.3. The maximum atomic E-state index is 12.9. The fourth-order valence-corrected chi connectivity index (χ4v) is 3.68. The Kier molecular flexibility index (Phi) is 8.49. The number of halogens is 3. The summed E-state index contributed by atoms with van der Waals surface area (Å²) in [6.07, 6.45) is -2.52. The Hall–Kier alpha value is -2.38. The lowest BCUT2D eigenvalue weighted by Crippen LogP contribution is -2.39.